The quantitative estimate of drug-likeness (QED) is 0.876. The van der Waals surface area contributed by atoms with E-state index in [0.717, 1.165) is 19.5 Å². The van der Waals surface area contributed by atoms with Crippen molar-refractivity contribution >= 4 is 24.0 Å². The maximum atomic E-state index is 12.5. The molecule has 1 heterocycles. The highest BCUT2D eigenvalue weighted by Crippen LogP contribution is 2.25. The van der Waals surface area contributed by atoms with Crippen LogP contribution in [0, 0.1) is 0 Å². The molecule has 2 aromatic rings. The van der Waals surface area contributed by atoms with Crippen molar-refractivity contribution in [3.8, 4) is 5.75 Å². The Bertz CT molecular complexity index is 688. The van der Waals surface area contributed by atoms with E-state index in [1.54, 1.807) is 0 Å². The summed E-state index contributed by atoms with van der Waals surface area (Å²) in [6.45, 7) is 4.40. The SMILES string of the molecule is CCCOc1ccccc1NC(=O)c1ccc2c(c1)CNC2.Cl. The minimum absolute atomic E-state index is 0. The molecule has 0 spiro atoms. The van der Waals surface area contributed by atoms with Gasteiger partial charge in [0.05, 0.1) is 12.3 Å². The van der Waals surface area contributed by atoms with E-state index in [9.17, 15) is 4.79 Å². The molecule has 1 amide bonds. The molecule has 0 aliphatic carbocycles. The Morgan fingerprint density at radius 1 is 1.17 bits per heavy atom. The molecule has 2 N–H and O–H groups in total. The lowest BCUT2D eigenvalue weighted by molar-refractivity contribution is 0.102. The van der Waals surface area contributed by atoms with Crippen LogP contribution in [0.1, 0.15) is 34.8 Å². The molecule has 4 nitrogen and oxygen atoms in total. The van der Waals surface area contributed by atoms with Gasteiger partial charge >= 0.3 is 0 Å². The molecule has 23 heavy (non-hydrogen) atoms. The van der Waals surface area contributed by atoms with Gasteiger partial charge in [0.1, 0.15) is 5.75 Å². The van der Waals surface area contributed by atoms with E-state index in [-0.39, 0.29) is 18.3 Å². The average Bonchev–Trinajstić information content (AvgIpc) is 3.01. The minimum Gasteiger partial charge on any atom is -0.491 e. The van der Waals surface area contributed by atoms with E-state index in [4.69, 9.17) is 4.74 Å². The summed E-state index contributed by atoms with van der Waals surface area (Å²) in [5.74, 6) is 0.600. The topological polar surface area (TPSA) is 50.4 Å². The number of carbonyl (C=O) groups is 1. The van der Waals surface area contributed by atoms with Crippen LogP contribution in [-0.4, -0.2) is 12.5 Å². The first-order valence-corrected chi connectivity index (χ1v) is 7.63. The molecule has 0 fully saturated rings. The predicted molar refractivity (Wildman–Crippen MR) is 94.4 cm³/mol. The van der Waals surface area contributed by atoms with E-state index < -0.39 is 0 Å². The number of fused-ring (bicyclic) bond motifs is 1. The summed E-state index contributed by atoms with van der Waals surface area (Å²) in [5.41, 5.74) is 3.85. The predicted octanol–water partition coefficient (Wildman–Crippen LogP) is 3.75. The van der Waals surface area contributed by atoms with Gasteiger partial charge in [0, 0.05) is 18.7 Å². The average molecular weight is 333 g/mol. The first-order chi connectivity index (χ1) is 10.8. The van der Waals surface area contributed by atoms with Crippen molar-refractivity contribution in [2.75, 3.05) is 11.9 Å². The van der Waals surface area contributed by atoms with Gasteiger partial charge < -0.3 is 15.4 Å². The van der Waals surface area contributed by atoms with Crippen LogP contribution in [0.3, 0.4) is 0 Å². The highest BCUT2D eigenvalue weighted by atomic mass is 35.5. The van der Waals surface area contributed by atoms with Gasteiger partial charge in [-0.3, -0.25) is 4.79 Å². The second-order valence-electron chi connectivity index (χ2n) is 5.39. The second-order valence-corrected chi connectivity index (χ2v) is 5.39. The van der Waals surface area contributed by atoms with E-state index in [0.29, 0.717) is 23.6 Å². The van der Waals surface area contributed by atoms with Gasteiger partial charge in [-0.15, -0.1) is 12.4 Å². The Kier molecular flexibility index (Phi) is 6.02. The minimum atomic E-state index is -0.109. The number of rotatable bonds is 5. The Labute approximate surface area is 142 Å². The summed E-state index contributed by atoms with van der Waals surface area (Å²) in [7, 11) is 0. The summed E-state index contributed by atoms with van der Waals surface area (Å²) in [5, 5.41) is 6.23. The maximum Gasteiger partial charge on any atom is 0.255 e. The van der Waals surface area contributed by atoms with Crippen LogP contribution >= 0.6 is 12.4 Å². The van der Waals surface area contributed by atoms with Crippen LogP contribution in [0.5, 0.6) is 5.75 Å². The largest absolute Gasteiger partial charge is 0.491 e. The summed E-state index contributed by atoms with van der Waals surface area (Å²) < 4.78 is 5.67. The smallest absolute Gasteiger partial charge is 0.255 e. The van der Waals surface area contributed by atoms with Gasteiger partial charge in [-0.25, -0.2) is 0 Å². The van der Waals surface area contributed by atoms with Crippen LogP contribution in [-0.2, 0) is 13.1 Å². The maximum absolute atomic E-state index is 12.5. The third kappa shape index (κ3) is 4.03. The molecular weight excluding hydrogens is 312 g/mol. The van der Waals surface area contributed by atoms with Crippen LogP contribution in [0.2, 0.25) is 0 Å². The number of halogens is 1. The summed E-state index contributed by atoms with van der Waals surface area (Å²) in [6.07, 6.45) is 0.931. The van der Waals surface area contributed by atoms with Crippen molar-refractivity contribution in [1.82, 2.24) is 5.32 Å². The molecule has 0 saturated carbocycles. The summed E-state index contributed by atoms with van der Waals surface area (Å²) >= 11 is 0. The van der Waals surface area contributed by atoms with E-state index in [2.05, 4.69) is 17.6 Å². The molecule has 0 radical (unpaired) electrons. The molecule has 0 unspecified atom stereocenters. The first kappa shape index (κ1) is 17.3. The third-order valence-corrected chi connectivity index (χ3v) is 3.70. The van der Waals surface area contributed by atoms with Crippen LogP contribution in [0.4, 0.5) is 5.69 Å². The molecule has 122 valence electrons. The van der Waals surface area contributed by atoms with Gasteiger partial charge in [-0.2, -0.15) is 0 Å². The highest BCUT2D eigenvalue weighted by molar-refractivity contribution is 6.05. The molecule has 2 aromatic carbocycles. The van der Waals surface area contributed by atoms with E-state index >= 15 is 0 Å². The number of nitrogens with one attached hydrogen (secondary N) is 2. The number of ether oxygens (including phenoxy) is 1. The number of hydrogen-bond donors (Lipinski definition) is 2. The normalized spacial score (nSPS) is 12.2. The number of carbonyl (C=O) groups excluding carboxylic acids is 1. The van der Waals surface area contributed by atoms with Crippen LogP contribution < -0.4 is 15.4 Å². The second kappa shape index (κ2) is 7.99. The Morgan fingerprint density at radius 2 is 1.96 bits per heavy atom. The first-order valence-electron chi connectivity index (χ1n) is 7.63. The molecular formula is C18H21ClN2O2. The standard InChI is InChI=1S/C18H20N2O2.ClH/c1-2-9-22-17-6-4-3-5-16(17)20-18(21)13-7-8-14-11-19-12-15(14)10-13;/h3-8,10,19H,2,9,11-12H2,1H3,(H,20,21);1H. The van der Waals surface area contributed by atoms with Crippen molar-refractivity contribution in [2.45, 2.75) is 26.4 Å². The fourth-order valence-electron chi connectivity index (χ4n) is 2.54. The summed E-state index contributed by atoms with van der Waals surface area (Å²) in [4.78, 5) is 12.5. The van der Waals surface area contributed by atoms with Crippen LogP contribution in [0.25, 0.3) is 0 Å². The van der Waals surface area contributed by atoms with Crippen molar-refractivity contribution in [3.05, 3.63) is 59.2 Å². The Balaban J connectivity index is 0.00000192. The van der Waals surface area contributed by atoms with Crippen LogP contribution in [0.15, 0.2) is 42.5 Å². The fourth-order valence-corrected chi connectivity index (χ4v) is 2.54. The number of anilines is 1. The zero-order chi connectivity index (χ0) is 15.4. The third-order valence-electron chi connectivity index (χ3n) is 3.70. The number of para-hydroxylation sites is 2. The van der Waals surface area contributed by atoms with E-state index in [1.807, 2.05) is 42.5 Å². The Morgan fingerprint density at radius 3 is 2.78 bits per heavy atom. The number of amides is 1. The highest BCUT2D eigenvalue weighted by Gasteiger charge is 2.14. The van der Waals surface area contributed by atoms with Gasteiger partial charge in [0.15, 0.2) is 0 Å². The van der Waals surface area contributed by atoms with Crippen molar-refractivity contribution in [1.29, 1.82) is 0 Å². The van der Waals surface area contributed by atoms with Crippen molar-refractivity contribution in [3.63, 3.8) is 0 Å². The molecule has 1 aliphatic heterocycles. The zero-order valence-corrected chi connectivity index (χ0v) is 13.9. The van der Waals surface area contributed by atoms with E-state index in [1.165, 1.54) is 11.1 Å². The molecule has 5 heteroatoms. The van der Waals surface area contributed by atoms with Gasteiger partial charge in [-0.1, -0.05) is 25.1 Å². The van der Waals surface area contributed by atoms with Gasteiger partial charge in [0.25, 0.3) is 5.91 Å². The molecule has 1 aliphatic rings. The zero-order valence-electron chi connectivity index (χ0n) is 13.1. The molecule has 0 saturated heterocycles. The lowest BCUT2D eigenvalue weighted by Gasteiger charge is -2.12. The molecule has 0 bridgehead atoms. The fraction of sp³-hybridized carbons (Fsp3) is 0.278. The number of benzene rings is 2. The monoisotopic (exact) mass is 332 g/mol. The lowest BCUT2D eigenvalue weighted by atomic mass is 10.1. The van der Waals surface area contributed by atoms with Gasteiger partial charge in [0.2, 0.25) is 0 Å². The van der Waals surface area contributed by atoms with Crippen molar-refractivity contribution < 1.29 is 9.53 Å². The molecule has 3 rings (SSSR count). The molecule has 0 atom stereocenters. The van der Waals surface area contributed by atoms with Crippen molar-refractivity contribution in [2.24, 2.45) is 0 Å². The molecule has 0 aromatic heterocycles. The lowest BCUT2D eigenvalue weighted by Crippen LogP contribution is -2.13. The Hall–Kier alpha value is -2.04. The van der Waals surface area contributed by atoms with Gasteiger partial charge in [-0.05, 0) is 41.8 Å². The summed E-state index contributed by atoms with van der Waals surface area (Å²) in [6, 6.07) is 13.4. The number of hydrogen-bond acceptors (Lipinski definition) is 3.